The molecule has 5 nitrogen and oxygen atoms in total. The molecule has 0 saturated heterocycles. The van der Waals surface area contributed by atoms with Gasteiger partial charge in [-0.05, 0) is 63.1 Å². The van der Waals surface area contributed by atoms with Crippen molar-refractivity contribution in [2.45, 2.75) is 74.7 Å². The van der Waals surface area contributed by atoms with Gasteiger partial charge in [-0.1, -0.05) is 12.1 Å². The van der Waals surface area contributed by atoms with E-state index < -0.39 is 17.2 Å². The minimum Gasteiger partial charge on any atom is -0.376 e. The summed E-state index contributed by atoms with van der Waals surface area (Å²) in [7, 11) is 0. The molecule has 170 valence electrons. The fourth-order valence-corrected chi connectivity index (χ4v) is 5.13. The summed E-state index contributed by atoms with van der Waals surface area (Å²) in [6.07, 6.45) is -0.436. The van der Waals surface area contributed by atoms with Crippen molar-refractivity contribution < 1.29 is 23.1 Å². The van der Waals surface area contributed by atoms with E-state index in [1.54, 1.807) is 5.51 Å². The molecule has 2 fully saturated rings. The normalized spacial score (nSPS) is 25.6. The highest BCUT2D eigenvalue weighted by molar-refractivity contribution is 7.07. The Hall–Kier alpha value is -2.44. The maximum atomic E-state index is 13.3. The van der Waals surface area contributed by atoms with E-state index in [0.717, 1.165) is 30.7 Å². The molecule has 1 amide bonds. The summed E-state index contributed by atoms with van der Waals surface area (Å²) in [5.74, 6) is -0.214. The Kier molecular flexibility index (Phi) is 5.80. The van der Waals surface area contributed by atoms with Crippen LogP contribution in [0.2, 0.25) is 0 Å². The van der Waals surface area contributed by atoms with E-state index in [1.807, 2.05) is 10.3 Å². The lowest BCUT2D eigenvalue weighted by molar-refractivity contribution is -0.258. The number of aromatic nitrogens is 1. The lowest BCUT2D eigenvalue weighted by Gasteiger charge is -2.40. The Labute approximate surface area is 188 Å². The Morgan fingerprint density at radius 1 is 1.19 bits per heavy atom. The van der Waals surface area contributed by atoms with Gasteiger partial charge < -0.3 is 10.0 Å². The quantitative estimate of drug-likeness (QED) is 0.683. The molecule has 1 aromatic heterocycles. The lowest BCUT2D eigenvalue weighted by atomic mass is 9.71. The molecule has 2 aromatic rings. The zero-order valence-corrected chi connectivity index (χ0v) is 18.4. The van der Waals surface area contributed by atoms with Crippen LogP contribution in [0.4, 0.5) is 13.2 Å². The maximum Gasteiger partial charge on any atom is 0.421 e. The van der Waals surface area contributed by atoms with Gasteiger partial charge in [0.05, 0.1) is 17.3 Å². The minimum atomic E-state index is -4.81. The highest BCUT2D eigenvalue weighted by Crippen LogP contribution is 2.43. The number of hydrogen-bond acceptors (Lipinski definition) is 5. The van der Waals surface area contributed by atoms with Crippen LogP contribution in [0.5, 0.6) is 0 Å². The van der Waals surface area contributed by atoms with Crippen LogP contribution in [-0.4, -0.2) is 39.2 Å². The molecule has 2 aliphatic carbocycles. The minimum absolute atomic E-state index is 0.0203. The Balaban J connectivity index is 1.51. The van der Waals surface area contributed by atoms with Crippen LogP contribution >= 0.6 is 11.3 Å². The highest BCUT2D eigenvalue weighted by atomic mass is 32.1. The molecule has 1 atom stereocenters. The number of thiazole rings is 1. The van der Waals surface area contributed by atoms with E-state index in [4.69, 9.17) is 0 Å². The average molecular weight is 464 g/mol. The molecule has 0 unspecified atom stereocenters. The molecule has 0 aliphatic heterocycles. The van der Waals surface area contributed by atoms with E-state index in [9.17, 15) is 28.3 Å². The first-order chi connectivity index (χ1) is 15.1. The van der Waals surface area contributed by atoms with Gasteiger partial charge in [-0.2, -0.15) is 18.4 Å². The SMILES string of the molecule is C[C@](O)(c1ccc(C(=O)N(C2CC2)[C@H]2CC[C@](C#N)(c3cscn3)CC2)cc1)C(F)(F)F. The number of nitriles is 1. The molecule has 4 rings (SSSR count). The summed E-state index contributed by atoms with van der Waals surface area (Å²) < 4.78 is 39.3. The first kappa shape index (κ1) is 22.7. The van der Waals surface area contributed by atoms with Crippen molar-refractivity contribution >= 4 is 17.2 Å². The van der Waals surface area contributed by atoms with Crippen LogP contribution in [0, 0.1) is 11.3 Å². The fraction of sp³-hybridized carbons (Fsp3) is 0.522. The second kappa shape index (κ2) is 8.16. The molecule has 1 N–H and O–H groups in total. The van der Waals surface area contributed by atoms with Gasteiger partial charge in [0.25, 0.3) is 5.91 Å². The number of amides is 1. The molecule has 32 heavy (non-hydrogen) atoms. The Bertz CT molecular complexity index is 1000. The van der Waals surface area contributed by atoms with Gasteiger partial charge in [0.1, 0.15) is 5.41 Å². The van der Waals surface area contributed by atoms with Crippen molar-refractivity contribution in [1.29, 1.82) is 5.26 Å². The van der Waals surface area contributed by atoms with Gasteiger partial charge >= 0.3 is 6.18 Å². The molecule has 1 aromatic carbocycles. The van der Waals surface area contributed by atoms with Crippen molar-refractivity contribution in [2.24, 2.45) is 0 Å². The first-order valence-corrected chi connectivity index (χ1v) is 11.6. The number of hydrogen-bond donors (Lipinski definition) is 1. The van der Waals surface area contributed by atoms with Crippen molar-refractivity contribution in [1.82, 2.24) is 9.88 Å². The van der Waals surface area contributed by atoms with Crippen molar-refractivity contribution in [3.05, 3.63) is 52.0 Å². The lowest BCUT2D eigenvalue weighted by Crippen LogP contribution is -2.46. The van der Waals surface area contributed by atoms with Gasteiger partial charge in [0.15, 0.2) is 5.60 Å². The summed E-state index contributed by atoms with van der Waals surface area (Å²) >= 11 is 1.46. The van der Waals surface area contributed by atoms with E-state index >= 15 is 0 Å². The van der Waals surface area contributed by atoms with Crippen LogP contribution in [0.25, 0.3) is 0 Å². The predicted octanol–water partition coefficient (Wildman–Crippen LogP) is 4.92. The first-order valence-electron chi connectivity index (χ1n) is 10.6. The van der Waals surface area contributed by atoms with Crippen LogP contribution in [0.1, 0.15) is 67.1 Å². The number of nitrogens with zero attached hydrogens (tertiary/aromatic N) is 3. The van der Waals surface area contributed by atoms with Crippen molar-refractivity contribution in [2.75, 3.05) is 0 Å². The molecule has 0 bridgehead atoms. The van der Waals surface area contributed by atoms with Gasteiger partial charge in [-0.3, -0.25) is 4.79 Å². The third kappa shape index (κ3) is 4.02. The van der Waals surface area contributed by atoms with Gasteiger partial charge in [0.2, 0.25) is 0 Å². The van der Waals surface area contributed by atoms with Gasteiger partial charge in [-0.25, -0.2) is 4.98 Å². The van der Waals surface area contributed by atoms with Crippen LogP contribution in [0.3, 0.4) is 0 Å². The number of benzene rings is 1. The van der Waals surface area contributed by atoms with Gasteiger partial charge in [-0.15, -0.1) is 11.3 Å². The summed E-state index contributed by atoms with van der Waals surface area (Å²) in [6, 6.07) is 7.58. The van der Waals surface area contributed by atoms with Crippen molar-refractivity contribution in [3.63, 3.8) is 0 Å². The maximum absolute atomic E-state index is 13.3. The number of carbonyl (C=O) groups is 1. The third-order valence-electron chi connectivity index (χ3n) is 6.76. The summed E-state index contributed by atoms with van der Waals surface area (Å²) in [4.78, 5) is 19.5. The second-order valence-corrected chi connectivity index (χ2v) is 9.61. The highest BCUT2D eigenvalue weighted by Gasteiger charge is 2.51. The van der Waals surface area contributed by atoms with Gasteiger partial charge in [0, 0.05) is 23.0 Å². The van der Waals surface area contributed by atoms with Crippen LogP contribution in [0.15, 0.2) is 35.2 Å². The number of alkyl halides is 3. The van der Waals surface area contributed by atoms with E-state index in [-0.39, 0.29) is 23.6 Å². The van der Waals surface area contributed by atoms with Crippen molar-refractivity contribution in [3.8, 4) is 6.07 Å². The molecule has 0 radical (unpaired) electrons. The standard InChI is InChI=1S/C23H24F3N3O2S/c1-21(31,23(24,25)26)16-4-2-15(3-5-16)20(30)29(17-6-7-17)18-8-10-22(13-27,11-9-18)19-12-32-14-28-19/h2-5,12,14,17-18,31H,6-11H2,1H3/t18-,21-,22-/m0/s1. The number of rotatable bonds is 5. The molecule has 1 heterocycles. The second-order valence-electron chi connectivity index (χ2n) is 8.89. The van der Waals surface area contributed by atoms with E-state index in [1.165, 1.54) is 23.5 Å². The Morgan fingerprint density at radius 3 is 2.25 bits per heavy atom. The average Bonchev–Trinajstić information content (AvgIpc) is 3.44. The zero-order valence-electron chi connectivity index (χ0n) is 17.6. The number of carbonyl (C=O) groups excluding carboxylic acids is 1. The predicted molar refractivity (Wildman–Crippen MR) is 113 cm³/mol. The number of halogens is 3. The molecule has 2 aliphatic rings. The third-order valence-corrected chi connectivity index (χ3v) is 7.35. The number of aliphatic hydroxyl groups is 1. The van der Waals surface area contributed by atoms with E-state index in [2.05, 4.69) is 11.1 Å². The van der Waals surface area contributed by atoms with Crippen LogP contribution < -0.4 is 0 Å². The Morgan fingerprint density at radius 2 is 1.78 bits per heavy atom. The fourth-order valence-electron chi connectivity index (χ4n) is 4.48. The largest absolute Gasteiger partial charge is 0.421 e. The molecule has 0 spiro atoms. The van der Waals surface area contributed by atoms with Crippen LogP contribution in [-0.2, 0) is 11.0 Å². The molecular weight excluding hydrogens is 439 g/mol. The topological polar surface area (TPSA) is 77.2 Å². The summed E-state index contributed by atoms with van der Waals surface area (Å²) in [6.45, 7) is 0.701. The zero-order chi connectivity index (χ0) is 23.1. The molecule has 9 heteroatoms. The monoisotopic (exact) mass is 463 g/mol. The van der Waals surface area contributed by atoms with E-state index in [0.29, 0.717) is 38.2 Å². The molecule has 2 saturated carbocycles. The molecular formula is C23H24F3N3O2S. The summed E-state index contributed by atoms with van der Waals surface area (Å²) in [5, 5.41) is 21.6. The summed E-state index contributed by atoms with van der Waals surface area (Å²) in [5.41, 5.74) is -1.10. The smallest absolute Gasteiger partial charge is 0.376 e.